The molecule has 1 atom stereocenters. The van der Waals surface area contributed by atoms with Gasteiger partial charge >= 0.3 is 12.0 Å². The number of aliphatic carboxylic acids is 1. The van der Waals surface area contributed by atoms with Gasteiger partial charge in [-0.15, -0.1) is 0 Å². The van der Waals surface area contributed by atoms with Gasteiger partial charge in [-0.1, -0.05) is 0 Å². The van der Waals surface area contributed by atoms with Crippen LogP contribution in [0.2, 0.25) is 0 Å². The lowest BCUT2D eigenvalue weighted by Crippen LogP contribution is -2.49. The number of rotatable bonds is 6. The van der Waals surface area contributed by atoms with Gasteiger partial charge in [0.15, 0.2) is 0 Å². The molecule has 3 amide bonds. The van der Waals surface area contributed by atoms with Crippen LogP contribution in [-0.4, -0.2) is 80.4 Å². The second kappa shape index (κ2) is 8.33. The van der Waals surface area contributed by atoms with Crippen LogP contribution in [0.4, 0.5) is 4.79 Å². The van der Waals surface area contributed by atoms with E-state index in [0.29, 0.717) is 13.2 Å². The van der Waals surface area contributed by atoms with E-state index in [2.05, 4.69) is 20.9 Å². The fourth-order valence-electron chi connectivity index (χ4n) is 1.66. The number of carboxylic acids is 1. The van der Waals surface area contributed by atoms with E-state index in [1.54, 1.807) is 0 Å². The van der Waals surface area contributed by atoms with Gasteiger partial charge < -0.3 is 30.7 Å². The lowest BCUT2D eigenvalue weighted by Gasteiger charge is -2.30. The van der Waals surface area contributed by atoms with Gasteiger partial charge in [0.1, 0.15) is 6.54 Å². The lowest BCUT2D eigenvalue weighted by molar-refractivity contribution is -0.137. The third-order valence-electron chi connectivity index (χ3n) is 2.68. The average Bonchev–Trinajstić information content (AvgIpc) is 2.40. The lowest BCUT2D eigenvalue weighted by atomic mass is 10.3. The van der Waals surface area contributed by atoms with Crippen LogP contribution < -0.4 is 16.0 Å². The molecule has 1 saturated heterocycles. The van der Waals surface area contributed by atoms with E-state index in [1.165, 1.54) is 0 Å². The summed E-state index contributed by atoms with van der Waals surface area (Å²) < 4.78 is 5.46. The summed E-state index contributed by atoms with van der Waals surface area (Å²) in [4.78, 5) is 34.9. The van der Waals surface area contributed by atoms with Crippen LogP contribution >= 0.6 is 0 Å². The topological polar surface area (TPSA) is 120 Å². The molecule has 4 N–H and O–H groups in total. The summed E-state index contributed by atoms with van der Waals surface area (Å²) in [5.41, 5.74) is 0. The summed E-state index contributed by atoms with van der Waals surface area (Å²) in [5.74, 6) is -1.70. The summed E-state index contributed by atoms with van der Waals surface area (Å²) in [6.07, 6.45) is -0.0691. The van der Waals surface area contributed by atoms with E-state index in [4.69, 9.17) is 9.84 Å². The van der Waals surface area contributed by atoms with Crippen LogP contribution in [0.25, 0.3) is 0 Å². The maximum Gasteiger partial charge on any atom is 0.322 e. The van der Waals surface area contributed by atoms with Crippen molar-refractivity contribution in [3.05, 3.63) is 0 Å². The first-order valence-corrected chi connectivity index (χ1v) is 6.27. The molecular formula is C11H20N4O5. The predicted molar refractivity (Wildman–Crippen MR) is 69.3 cm³/mol. The summed E-state index contributed by atoms with van der Waals surface area (Å²) in [7, 11) is 1.97. The molecule has 0 saturated carbocycles. The molecular weight excluding hydrogens is 268 g/mol. The number of nitrogens with zero attached hydrogens (tertiary/aromatic N) is 1. The third kappa shape index (κ3) is 6.90. The first-order chi connectivity index (χ1) is 9.47. The number of nitrogens with one attached hydrogen (secondary N) is 3. The number of carbonyl (C=O) groups excluding carboxylic acids is 2. The number of hydrogen-bond donors (Lipinski definition) is 4. The maximum atomic E-state index is 11.4. The van der Waals surface area contributed by atoms with Gasteiger partial charge in [-0.05, 0) is 7.05 Å². The number of ether oxygens (including phenoxy) is 1. The van der Waals surface area contributed by atoms with Crippen molar-refractivity contribution in [1.29, 1.82) is 0 Å². The molecule has 0 spiro atoms. The van der Waals surface area contributed by atoms with Gasteiger partial charge in [0.05, 0.1) is 19.3 Å². The second-order valence-corrected chi connectivity index (χ2v) is 4.49. The first kappa shape index (κ1) is 16.2. The maximum absolute atomic E-state index is 11.4. The predicted octanol–water partition coefficient (Wildman–Crippen LogP) is -2.18. The van der Waals surface area contributed by atoms with Crippen LogP contribution in [0.3, 0.4) is 0 Å². The van der Waals surface area contributed by atoms with Gasteiger partial charge in [-0.2, -0.15) is 0 Å². The Morgan fingerprint density at radius 1 is 1.25 bits per heavy atom. The van der Waals surface area contributed by atoms with E-state index >= 15 is 0 Å². The van der Waals surface area contributed by atoms with Crippen LogP contribution in [0, 0.1) is 0 Å². The zero-order chi connectivity index (χ0) is 15.0. The molecule has 9 nitrogen and oxygen atoms in total. The Bertz CT molecular complexity index is 363. The fraction of sp³-hybridized carbons (Fsp3) is 0.727. The minimum absolute atomic E-state index is 0.0691. The molecule has 1 unspecified atom stereocenters. The van der Waals surface area contributed by atoms with Gasteiger partial charge in [0.2, 0.25) is 5.91 Å². The molecule has 1 aliphatic heterocycles. The molecule has 114 valence electrons. The molecule has 20 heavy (non-hydrogen) atoms. The Labute approximate surface area is 116 Å². The van der Waals surface area contributed by atoms with Crippen molar-refractivity contribution < 1.29 is 24.2 Å². The van der Waals surface area contributed by atoms with Gasteiger partial charge in [0, 0.05) is 19.6 Å². The van der Waals surface area contributed by atoms with E-state index in [9.17, 15) is 14.4 Å². The first-order valence-electron chi connectivity index (χ1n) is 6.27. The number of hydrogen-bond acceptors (Lipinski definition) is 5. The number of carbonyl (C=O) groups is 3. The smallest absolute Gasteiger partial charge is 0.322 e. The van der Waals surface area contributed by atoms with Crippen molar-refractivity contribution in [2.45, 2.75) is 6.10 Å². The van der Waals surface area contributed by atoms with Crippen LogP contribution in [0.1, 0.15) is 0 Å². The summed E-state index contributed by atoms with van der Waals surface area (Å²) >= 11 is 0. The molecule has 0 aromatic carbocycles. The highest BCUT2D eigenvalue weighted by atomic mass is 16.5. The molecule has 0 aromatic rings. The minimum Gasteiger partial charge on any atom is -0.480 e. The quantitative estimate of drug-likeness (QED) is 0.441. The van der Waals surface area contributed by atoms with Crippen molar-refractivity contribution >= 4 is 17.9 Å². The normalized spacial score (nSPS) is 19.1. The number of carboxylic acid groups (broad SMARTS) is 1. The highest BCUT2D eigenvalue weighted by Crippen LogP contribution is 2.01. The van der Waals surface area contributed by atoms with Crippen LogP contribution in [0.15, 0.2) is 0 Å². The molecule has 9 heteroatoms. The monoisotopic (exact) mass is 288 g/mol. The van der Waals surface area contributed by atoms with Crippen molar-refractivity contribution in [3.63, 3.8) is 0 Å². The van der Waals surface area contributed by atoms with Crippen molar-refractivity contribution in [2.75, 3.05) is 46.4 Å². The Morgan fingerprint density at radius 3 is 2.65 bits per heavy atom. The van der Waals surface area contributed by atoms with Gasteiger partial charge in [-0.25, -0.2) is 4.79 Å². The third-order valence-corrected chi connectivity index (χ3v) is 2.68. The highest BCUT2D eigenvalue weighted by molar-refractivity contribution is 5.86. The summed E-state index contributed by atoms with van der Waals surface area (Å²) in [5, 5.41) is 15.4. The molecule has 1 fully saturated rings. The second-order valence-electron chi connectivity index (χ2n) is 4.49. The molecule has 1 rings (SSSR count). The van der Waals surface area contributed by atoms with Crippen LogP contribution in [-0.2, 0) is 14.3 Å². The summed E-state index contributed by atoms with van der Waals surface area (Å²) in [6.45, 7) is 1.84. The van der Waals surface area contributed by atoms with Crippen molar-refractivity contribution in [1.82, 2.24) is 20.9 Å². The molecule has 1 heterocycles. The molecule has 0 aromatic heterocycles. The minimum atomic E-state index is -1.14. The van der Waals surface area contributed by atoms with Gasteiger partial charge in [-0.3, -0.25) is 9.59 Å². The largest absolute Gasteiger partial charge is 0.480 e. The van der Waals surface area contributed by atoms with Crippen molar-refractivity contribution in [3.8, 4) is 0 Å². The number of morpholine rings is 1. The molecule has 1 aliphatic rings. The number of amides is 3. The highest BCUT2D eigenvalue weighted by Gasteiger charge is 2.18. The SMILES string of the molecule is CN1CCOC(CNC(=O)NCC(=O)NCC(=O)O)C1. The van der Waals surface area contributed by atoms with Crippen molar-refractivity contribution in [2.24, 2.45) is 0 Å². The Hall–Kier alpha value is -1.87. The molecule has 0 aliphatic carbocycles. The summed E-state index contributed by atoms with van der Waals surface area (Å²) in [6, 6.07) is -0.493. The van der Waals surface area contributed by atoms with Gasteiger partial charge in [0.25, 0.3) is 0 Å². The zero-order valence-electron chi connectivity index (χ0n) is 11.3. The van der Waals surface area contributed by atoms with E-state index in [1.807, 2.05) is 7.05 Å². The van der Waals surface area contributed by atoms with E-state index in [-0.39, 0.29) is 12.6 Å². The molecule has 0 bridgehead atoms. The fourth-order valence-corrected chi connectivity index (χ4v) is 1.66. The standard InChI is InChI=1S/C11H20N4O5/c1-15-2-3-20-8(7-15)4-13-11(19)14-5-9(16)12-6-10(17)18/h8H,2-7H2,1H3,(H,12,16)(H,17,18)(H2,13,14,19). The zero-order valence-corrected chi connectivity index (χ0v) is 11.3. The van der Waals surface area contributed by atoms with E-state index < -0.39 is 24.5 Å². The number of likely N-dealkylation sites (N-methyl/N-ethyl adjacent to an activating group) is 1. The van der Waals surface area contributed by atoms with E-state index in [0.717, 1.165) is 13.1 Å². The number of urea groups is 1. The van der Waals surface area contributed by atoms with Crippen LogP contribution in [0.5, 0.6) is 0 Å². The Balaban J connectivity index is 2.10. The Morgan fingerprint density at radius 2 is 2.00 bits per heavy atom. The average molecular weight is 288 g/mol. The molecule has 0 radical (unpaired) electrons. The Kier molecular flexibility index (Phi) is 6.74.